The second-order valence-corrected chi connectivity index (χ2v) is 8.95. The van der Waals surface area contributed by atoms with E-state index in [1.54, 1.807) is 13.1 Å². The van der Waals surface area contributed by atoms with E-state index in [2.05, 4.69) is 22.8 Å². The minimum absolute atomic E-state index is 0.00580. The summed E-state index contributed by atoms with van der Waals surface area (Å²) in [7, 11) is -3.28. The van der Waals surface area contributed by atoms with Gasteiger partial charge in [-0.15, -0.1) is 3.89 Å². The van der Waals surface area contributed by atoms with E-state index in [0.717, 1.165) is 22.3 Å². The summed E-state index contributed by atoms with van der Waals surface area (Å²) in [6.07, 6.45) is -0.636. The minimum Gasteiger partial charge on any atom is -0.449 e. The third-order valence-corrected chi connectivity index (χ3v) is 6.68. The second-order valence-electron chi connectivity index (χ2n) is 7.63. The number of hydrogen-bond acceptors (Lipinski definition) is 5. The molecule has 0 aliphatic heterocycles. The van der Waals surface area contributed by atoms with Crippen molar-refractivity contribution >= 4 is 22.0 Å². The number of alkyl carbamates (subject to hydrolysis) is 1. The monoisotopic (exact) mass is 454 g/mol. The smallest absolute Gasteiger partial charge is 0.407 e. The summed E-state index contributed by atoms with van der Waals surface area (Å²) < 4.78 is 42.0. The van der Waals surface area contributed by atoms with Crippen molar-refractivity contribution in [3.63, 3.8) is 0 Å². The number of nitrogens with one attached hydrogen (secondary N) is 2. The van der Waals surface area contributed by atoms with Crippen molar-refractivity contribution in [3.8, 4) is 11.1 Å². The van der Waals surface area contributed by atoms with Crippen molar-refractivity contribution < 1.29 is 21.8 Å². The summed E-state index contributed by atoms with van der Waals surface area (Å²) in [6.45, 7) is 1.68. The molecule has 1 aliphatic carbocycles. The lowest BCUT2D eigenvalue weighted by molar-refractivity contribution is 0.142. The number of anilines is 1. The Balaban J connectivity index is 1.45. The summed E-state index contributed by atoms with van der Waals surface area (Å²) in [5.41, 5.74) is 5.67. The summed E-state index contributed by atoms with van der Waals surface area (Å²) in [5.74, 6) is -0.0632. The molecule has 3 aromatic carbocycles. The van der Waals surface area contributed by atoms with E-state index < -0.39 is 21.2 Å². The summed E-state index contributed by atoms with van der Waals surface area (Å²) >= 11 is 0. The summed E-state index contributed by atoms with van der Waals surface area (Å²) in [6, 6.07) is 19.0. The SMILES string of the molecule is CNc1cc(CNC(=O)OCC2c3ccccc3-c3ccccc32)cc(S(=O)(=O)F)c1C. The molecular weight excluding hydrogens is 431 g/mol. The fourth-order valence-corrected chi connectivity index (χ4v) is 4.95. The van der Waals surface area contributed by atoms with Crippen LogP contribution >= 0.6 is 0 Å². The Morgan fingerprint density at radius 2 is 1.62 bits per heavy atom. The van der Waals surface area contributed by atoms with Gasteiger partial charge in [-0.05, 0) is 52.4 Å². The van der Waals surface area contributed by atoms with E-state index in [4.69, 9.17) is 4.74 Å². The molecule has 0 radical (unpaired) electrons. The van der Waals surface area contributed by atoms with Crippen LogP contribution in [0.25, 0.3) is 11.1 Å². The molecule has 32 heavy (non-hydrogen) atoms. The molecule has 1 amide bonds. The molecular formula is C24H23FN2O4S. The molecule has 166 valence electrons. The fourth-order valence-electron chi connectivity index (χ4n) is 4.18. The van der Waals surface area contributed by atoms with E-state index in [0.29, 0.717) is 11.3 Å². The lowest BCUT2D eigenvalue weighted by Gasteiger charge is -2.15. The van der Waals surface area contributed by atoms with Gasteiger partial charge in [0, 0.05) is 25.2 Å². The molecule has 0 spiro atoms. The zero-order valence-electron chi connectivity index (χ0n) is 17.7. The molecule has 8 heteroatoms. The third-order valence-electron chi connectivity index (χ3n) is 5.73. The lowest BCUT2D eigenvalue weighted by Crippen LogP contribution is -2.25. The Bertz CT molecular complexity index is 1250. The molecule has 2 N–H and O–H groups in total. The van der Waals surface area contributed by atoms with Gasteiger partial charge in [-0.25, -0.2) is 4.79 Å². The van der Waals surface area contributed by atoms with Crippen molar-refractivity contribution in [1.29, 1.82) is 0 Å². The molecule has 0 unspecified atom stereocenters. The Kier molecular flexibility index (Phi) is 5.88. The van der Waals surface area contributed by atoms with Gasteiger partial charge >= 0.3 is 16.3 Å². The molecule has 1 aliphatic rings. The van der Waals surface area contributed by atoms with Crippen LogP contribution in [0.5, 0.6) is 0 Å². The molecule has 0 saturated heterocycles. The van der Waals surface area contributed by atoms with Gasteiger partial charge in [0.05, 0.1) is 0 Å². The molecule has 0 fully saturated rings. The molecule has 3 aromatic rings. The maximum absolute atomic E-state index is 13.6. The highest BCUT2D eigenvalue weighted by Gasteiger charge is 2.29. The largest absolute Gasteiger partial charge is 0.449 e. The van der Waals surface area contributed by atoms with Gasteiger partial charge < -0.3 is 15.4 Å². The van der Waals surface area contributed by atoms with Crippen LogP contribution in [-0.4, -0.2) is 28.2 Å². The average Bonchev–Trinajstić information content (AvgIpc) is 3.10. The van der Waals surface area contributed by atoms with E-state index in [1.807, 2.05) is 36.4 Å². The number of carbonyl (C=O) groups is 1. The molecule has 0 aromatic heterocycles. The van der Waals surface area contributed by atoms with Gasteiger partial charge in [-0.2, -0.15) is 8.42 Å². The van der Waals surface area contributed by atoms with Crippen LogP contribution in [0.3, 0.4) is 0 Å². The lowest BCUT2D eigenvalue weighted by atomic mass is 9.98. The van der Waals surface area contributed by atoms with Crippen LogP contribution in [0.2, 0.25) is 0 Å². The summed E-state index contributed by atoms with van der Waals surface area (Å²) in [4.78, 5) is 11.9. The zero-order chi connectivity index (χ0) is 22.9. The van der Waals surface area contributed by atoms with Crippen molar-refractivity contribution in [1.82, 2.24) is 5.32 Å². The van der Waals surface area contributed by atoms with Gasteiger partial charge in [-0.1, -0.05) is 48.5 Å². The van der Waals surface area contributed by atoms with Crippen LogP contribution in [0.4, 0.5) is 14.4 Å². The first-order valence-corrected chi connectivity index (χ1v) is 11.5. The van der Waals surface area contributed by atoms with Crippen molar-refractivity contribution in [2.75, 3.05) is 19.0 Å². The number of hydrogen-bond donors (Lipinski definition) is 2. The van der Waals surface area contributed by atoms with Gasteiger partial charge in [0.1, 0.15) is 11.5 Å². The number of fused-ring (bicyclic) bond motifs is 3. The highest BCUT2D eigenvalue weighted by Crippen LogP contribution is 2.44. The average molecular weight is 455 g/mol. The van der Waals surface area contributed by atoms with Crippen molar-refractivity contribution in [2.24, 2.45) is 0 Å². The fraction of sp³-hybridized carbons (Fsp3) is 0.208. The van der Waals surface area contributed by atoms with Gasteiger partial charge in [-0.3, -0.25) is 0 Å². The first kappa shape index (κ1) is 21.8. The van der Waals surface area contributed by atoms with Crippen LogP contribution < -0.4 is 10.6 Å². The van der Waals surface area contributed by atoms with E-state index in [-0.39, 0.29) is 24.6 Å². The predicted molar refractivity (Wildman–Crippen MR) is 121 cm³/mol. The quantitative estimate of drug-likeness (QED) is 0.526. The summed E-state index contributed by atoms with van der Waals surface area (Å²) in [5, 5.41) is 5.46. The van der Waals surface area contributed by atoms with Crippen LogP contribution in [-0.2, 0) is 21.5 Å². The van der Waals surface area contributed by atoms with E-state index in [1.165, 1.54) is 13.0 Å². The van der Waals surface area contributed by atoms with Crippen molar-refractivity contribution in [2.45, 2.75) is 24.3 Å². The van der Waals surface area contributed by atoms with Crippen LogP contribution in [0.1, 0.15) is 28.2 Å². The first-order chi connectivity index (χ1) is 15.3. The van der Waals surface area contributed by atoms with Gasteiger partial charge in [0.2, 0.25) is 0 Å². The van der Waals surface area contributed by atoms with Crippen molar-refractivity contribution in [3.05, 3.63) is 82.9 Å². The number of benzene rings is 3. The highest BCUT2D eigenvalue weighted by molar-refractivity contribution is 7.86. The van der Waals surface area contributed by atoms with Crippen LogP contribution in [0.15, 0.2) is 65.6 Å². The standard InChI is InChI=1S/C24H23FN2O4S/c1-15-22(26-2)11-16(12-23(15)32(25,29)30)13-27-24(28)31-14-21-19-9-5-3-7-17(19)18-8-4-6-10-20(18)21/h3-12,21,26H,13-14H2,1-2H3,(H,27,28). The third kappa shape index (κ3) is 4.18. The molecule has 0 saturated carbocycles. The maximum atomic E-state index is 13.6. The number of carbonyl (C=O) groups excluding carboxylic acids is 1. The topological polar surface area (TPSA) is 84.5 Å². The number of rotatable bonds is 6. The Morgan fingerprint density at radius 3 is 2.19 bits per heavy atom. The Labute approximate surface area is 186 Å². The molecule has 0 heterocycles. The molecule has 6 nitrogen and oxygen atoms in total. The normalized spacial score (nSPS) is 12.7. The minimum atomic E-state index is -4.89. The Morgan fingerprint density at radius 1 is 1.03 bits per heavy atom. The van der Waals surface area contributed by atoms with E-state index in [9.17, 15) is 17.1 Å². The maximum Gasteiger partial charge on any atom is 0.407 e. The zero-order valence-corrected chi connectivity index (χ0v) is 18.5. The molecule has 0 bridgehead atoms. The second kappa shape index (κ2) is 8.63. The van der Waals surface area contributed by atoms with Gasteiger partial charge in [0.25, 0.3) is 0 Å². The Hall–Kier alpha value is -3.39. The highest BCUT2D eigenvalue weighted by atomic mass is 32.3. The first-order valence-electron chi connectivity index (χ1n) is 10.1. The molecule has 4 rings (SSSR count). The van der Waals surface area contributed by atoms with Gasteiger partial charge in [0.15, 0.2) is 0 Å². The van der Waals surface area contributed by atoms with Crippen LogP contribution in [0, 0.1) is 6.92 Å². The van der Waals surface area contributed by atoms with E-state index >= 15 is 0 Å². The predicted octanol–water partition coefficient (Wildman–Crippen LogP) is 4.73. The number of amides is 1. The number of halogens is 1. The number of ether oxygens (including phenoxy) is 1. The molecule has 0 atom stereocenters.